The molecule has 0 radical (unpaired) electrons. The summed E-state index contributed by atoms with van der Waals surface area (Å²) in [6, 6.07) is 14.3. The maximum Gasteiger partial charge on any atom is 0.272 e. The molecular formula is C19H16ClN3O2. The summed E-state index contributed by atoms with van der Waals surface area (Å²) in [4.78, 5) is 12.5. The van der Waals surface area contributed by atoms with Crippen molar-refractivity contribution in [2.24, 2.45) is 0 Å². The van der Waals surface area contributed by atoms with Gasteiger partial charge in [-0.1, -0.05) is 29.8 Å². The average molecular weight is 354 g/mol. The van der Waals surface area contributed by atoms with Gasteiger partial charge in [-0.3, -0.25) is 4.79 Å². The van der Waals surface area contributed by atoms with E-state index in [4.69, 9.17) is 11.6 Å². The van der Waals surface area contributed by atoms with Gasteiger partial charge in [-0.15, -0.1) is 0 Å². The Balaban J connectivity index is 1.53. The smallest absolute Gasteiger partial charge is 0.272 e. The Morgan fingerprint density at radius 2 is 2.08 bits per heavy atom. The summed E-state index contributed by atoms with van der Waals surface area (Å²) in [6.07, 6.45) is 3.26. The Hall–Kier alpha value is -2.79. The fourth-order valence-electron chi connectivity index (χ4n) is 3.22. The highest BCUT2D eigenvalue weighted by Crippen LogP contribution is 2.36. The predicted molar refractivity (Wildman–Crippen MR) is 95.2 cm³/mol. The van der Waals surface area contributed by atoms with E-state index >= 15 is 0 Å². The van der Waals surface area contributed by atoms with Gasteiger partial charge in [0.15, 0.2) is 5.69 Å². The van der Waals surface area contributed by atoms with Crippen LogP contribution < -0.4 is 5.32 Å². The molecule has 0 saturated heterocycles. The molecule has 3 aromatic rings. The maximum atomic E-state index is 12.5. The van der Waals surface area contributed by atoms with Crippen molar-refractivity contribution >= 4 is 17.5 Å². The lowest BCUT2D eigenvalue weighted by Crippen LogP contribution is -2.27. The minimum atomic E-state index is -0.234. The molecule has 0 saturated carbocycles. The summed E-state index contributed by atoms with van der Waals surface area (Å²) >= 11 is 6.00. The van der Waals surface area contributed by atoms with E-state index < -0.39 is 0 Å². The monoisotopic (exact) mass is 353 g/mol. The second-order valence-corrected chi connectivity index (χ2v) is 6.47. The zero-order valence-electron chi connectivity index (χ0n) is 13.3. The lowest BCUT2D eigenvalue weighted by molar-refractivity contribution is 0.0931. The molecule has 1 unspecified atom stereocenters. The molecule has 1 amide bonds. The molecule has 2 N–H and O–H groups in total. The number of hydrogen-bond acceptors (Lipinski definition) is 3. The fourth-order valence-corrected chi connectivity index (χ4v) is 3.41. The normalized spacial score (nSPS) is 15.8. The number of aromatic hydroxyl groups is 1. The van der Waals surface area contributed by atoms with Crippen LogP contribution in [-0.4, -0.2) is 20.8 Å². The summed E-state index contributed by atoms with van der Waals surface area (Å²) in [5, 5.41) is 17.9. The minimum Gasteiger partial charge on any atom is -0.508 e. The molecule has 25 heavy (non-hydrogen) atoms. The number of nitrogens with one attached hydrogen (secondary N) is 1. The van der Waals surface area contributed by atoms with Crippen LogP contribution in [0.4, 0.5) is 0 Å². The molecule has 0 aliphatic heterocycles. The number of halogens is 1. The van der Waals surface area contributed by atoms with Crippen molar-refractivity contribution in [1.82, 2.24) is 15.1 Å². The van der Waals surface area contributed by atoms with Crippen LogP contribution in [0.2, 0.25) is 5.02 Å². The van der Waals surface area contributed by atoms with Gasteiger partial charge >= 0.3 is 0 Å². The van der Waals surface area contributed by atoms with Gasteiger partial charge < -0.3 is 10.4 Å². The van der Waals surface area contributed by atoms with Crippen molar-refractivity contribution in [3.8, 4) is 11.4 Å². The molecule has 1 aliphatic rings. The Kier molecular flexibility index (Phi) is 3.93. The van der Waals surface area contributed by atoms with E-state index in [-0.39, 0.29) is 11.9 Å². The van der Waals surface area contributed by atoms with Gasteiger partial charge in [-0.25, -0.2) is 4.68 Å². The highest BCUT2D eigenvalue weighted by Gasteiger charge is 2.26. The van der Waals surface area contributed by atoms with E-state index in [1.54, 1.807) is 41.2 Å². The van der Waals surface area contributed by atoms with E-state index in [1.165, 1.54) is 0 Å². The van der Waals surface area contributed by atoms with Gasteiger partial charge in [-0.2, -0.15) is 5.10 Å². The number of amides is 1. The summed E-state index contributed by atoms with van der Waals surface area (Å²) in [5.41, 5.74) is 3.02. The fraction of sp³-hybridized carbons (Fsp3) is 0.158. The van der Waals surface area contributed by atoms with Gasteiger partial charge in [0.05, 0.1) is 11.7 Å². The van der Waals surface area contributed by atoms with Crippen molar-refractivity contribution in [3.05, 3.63) is 76.6 Å². The molecule has 0 bridgehead atoms. The molecule has 1 heterocycles. The molecule has 1 aromatic heterocycles. The van der Waals surface area contributed by atoms with Gasteiger partial charge in [0.2, 0.25) is 0 Å². The summed E-state index contributed by atoms with van der Waals surface area (Å²) < 4.78 is 1.62. The summed E-state index contributed by atoms with van der Waals surface area (Å²) in [7, 11) is 0. The Bertz CT molecular complexity index is 951. The van der Waals surface area contributed by atoms with Crippen molar-refractivity contribution in [1.29, 1.82) is 0 Å². The number of nitrogens with zero attached hydrogens (tertiary/aromatic N) is 2. The molecule has 1 aliphatic carbocycles. The number of phenols is 1. The molecule has 2 aromatic carbocycles. The molecule has 126 valence electrons. The largest absolute Gasteiger partial charge is 0.508 e. The first-order chi connectivity index (χ1) is 12.1. The lowest BCUT2D eigenvalue weighted by atomic mass is 10.1. The molecule has 6 heteroatoms. The van der Waals surface area contributed by atoms with Gasteiger partial charge in [0.1, 0.15) is 5.75 Å². The van der Waals surface area contributed by atoms with Crippen molar-refractivity contribution < 1.29 is 9.90 Å². The zero-order chi connectivity index (χ0) is 17.4. The first kappa shape index (κ1) is 15.7. The topological polar surface area (TPSA) is 67.2 Å². The van der Waals surface area contributed by atoms with E-state index in [9.17, 15) is 9.90 Å². The number of phenolic OH excluding ortho intramolecular Hbond substituents is 1. The Morgan fingerprint density at radius 1 is 1.24 bits per heavy atom. The number of aromatic nitrogens is 2. The van der Waals surface area contributed by atoms with E-state index in [1.807, 2.05) is 18.2 Å². The van der Waals surface area contributed by atoms with Crippen LogP contribution in [0.1, 0.15) is 34.1 Å². The van der Waals surface area contributed by atoms with Crippen LogP contribution in [-0.2, 0) is 6.42 Å². The van der Waals surface area contributed by atoms with Crippen molar-refractivity contribution in [2.45, 2.75) is 18.9 Å². The first-order valence-corrected chi connectivity index (χ1v) is 8.43. The highest BCUT2D eigenvalue weighted by atomic mass is 35.5. The first-order valence-electron chi connectivity index (χ1n) is 8.05. The second-order valence-electron chi connectivity index (χ2n) is 6.04. The lowest BCUT2D eigenvalue weighted by Gasteiger charge is -2.13. The number of benzene rings is 2. The van der Waals surface area contributed by atoms with Crippen LogP contribution in [0.25, 0.3) is 5.69 Å². The van der Waals surface area contributed by atoms with E-state index in [0.29, 0.717) is 16.5 Å². The van der Waals surface area contributed by atoms with Crippen molar-refractivity contribution in [3.63, 3.8) is 0 Å². The summed E-state index contributed by atoms with van der Waals surface area (Å²) in [5.74, 6) is 0.0569. The van der Waals surface area contributed by atoms with Gasteiger partial charge in [0, 0.05) is 11.2 Å². The standard InChI is InChI=1S/C19H16ClN3O2/c20-12-3-1-4-13(11-12)23-10-9-17(22-23)19(25)21-16-8-7-15-14(16)5-2-6-18(15)24/h1-6,9-11,16,24H,7-8H2,(H,21,25). The number of rotatable bonds is 3. The van der Waals surface area contributed by atoms with Crippen LogP contribution in [0.5, 0.6) is 5.75 Å². The third-order valence-corrected chi connectivity index (χ3v) is 4.68. The third kappa shape index (κ3) is 2.98. The highest BCUT2D eigenvalue weighted by molar-refractivity contribution is 6.30. The number of hydrogen-bond donors (Lipinski definition) is 2. The number of carbonyl (C=O) groups is 1. The molecule has 0 spiro atoms. The molecule has 1 atom stereocenters. The minimum absolute atomic E-state index is 0.106. The van der Waals surface area contributed by atoms with E-state index in [2.05, 4.69) is 10.4 Å². The number of carbonyl (C=O) groups excluding carboxylic acids is 1. The number of fused-ring (bicyclic) bond motifs is 1. The summed E-state index contributed by atoms with van der Waals surface area (Å²) in [6.45, 7) is 0. The quantitative estimate of drug-likeness (QED) is 0.755. The average Bonchev–Trinajstić information content (AvgIpc) is 3.23. The van der Waals surface area contributed by atoms with Crippen molar-refractivity contribution in [2.75, 3.05) is 0 Å². The van der Waals surface area contributed by atoms with Gasteiger partial charge in [-0.05, 0) is 54.3 Å². The molecule has 0 fully saturated rings. The Morgan fingerprint density at radius 3 is 2.92 bits per heavy atom. The molecule has 4 rings (SSSR count). The predicted octanol–water partition coefficient (Wildman–Crippen LogP) is 3.65. The van der Waals surface area contributed by atoms with E-state index in [0.717, 1.165) is 29.7 Å². The van der Waals surface area contributed by atoms with Crippen LogP contribution in [0, 0.1) is 0 Å². The van der Waals surface area contributed by atoms with Gasteiger partial charge in [0.25, 0.3) is 5.91 Å². The zero-order valence-corrected chi connectivity index (χ0v) is 14.1. The SMILES string of the molecule is O=C(NC1CCc2c(O)cccc21)c1ccn(-c2cccc(Cl)c2)n1. The van der Waals surface area contributed by atoms with Crippen LogP contribution in [0.15, 0.2) is 54.7 Å². The second kappa shape index (κ2) is 6.26. The maximum absolute atomic E-state index is 12.5. The van der Waals surface area contributed by atoms with Crippen LogP contribution >= 0.6 is 11.6 Å². The molecule has 5 nitrogen and oxygen atoms in total. The Labute approximate surface area is 149 Å². The third-order valence-electron chi connectivity index (χ3n) is 4.45. The molecular weight excluding hydrogens is 338 g/mol. The van der Waals surface area contributed by atoms with Crippen LogP contribution in [0.3, 0.4) is 0 Å².